The minimum atomic E-state index is -5.08. The molecule has 1 unspecified atom stereocenters. The molecule has 1 spiro atoms. The summed E-state index contributed by atoms with van der Waals surface area (Å²) in [5, 5.41) is 16.4. The minimum Gasteiger partial charge on any atom is -0.475 e. The molecule has 2 heterocycles. The Morgan fingerprint density at radius 2 is 2.03 bits per heavy atom. The highest BCUT2D eigenvalue weighted by Crippen LogP contribution is 2.41. The Labute approximate surface area is 164 Å². The maximum absolute atomic E-state index is 12.3. The van der Waals surface area contributed by atoms with E-state index in [4.69, 9.17) is 14.6 Å². The number of ether oxygens (including phenoxy) is 1. The zero-order valence-electron chi connectivity index (χ0n) is 15.7. The summed E-state index contributed by atoms with van der Waals surface area (Å²) in [5.41, 5.74) is -1.04. The van der Waals surface area contributed by atoms with Crippen molar-refractivity contribution in [1.82, 2.24) is 9.97 Å². The van der Waals surface area contributed by atoms with Crippen molar-refractivity contribution >= 4 is 17.6 Å². The highest BCUT2D eigenvalue weighted by molar-refractivity contribution is 6.04. The number of nitriles is 1. The number of nitrogens with zero attached hydrogens (tertiary/aromatic N) is 4. The molecule has 1 saturated heterocycles. The molecule has 0 amide bonds. The molecule has 1 aromatic heterocycles. The first kappa shape index (κ1) is 22.3. The van der Waals surface area contributed by atoms with Gasteiger partial charge in [-0.05, 0) is 12.5 Å². The number of rotatable bonds is 1. The lowest BCUT2D eigenvalue weighted by atomic mass is 9.69. The van der Waals surface area contributed by atoms with Crippen molar-refractivity contribution in [2.45, 2.75) is 32.0 Å². The normalized spacial score (nSPS) is 23.5. The molecule has 1 N–H and O–H groups in total. The molecule has 0 bridgehead atoms. The van der Waals surface area contributed by atoms with Gasteiger partial charge in [-0.2, -0.15) is 18.4 Å². The number of morpholine rings is 1. The molecule has 1 aliphatic heterocycles. The summed E-state index contributed by atoms with van der Waals surface area (Å²) in [6.45, 7) is 5.53. The second-order valence-electron chi connectivity index (χ2n) is 7.26. The molecular weight excluding hydrogens is 393 g/mol. The van der Waals surface area contributed by atoms with E-state index in [1.54, 1.807) is 24.7 Å². The average Bonchev–Trinajstić information content (AvgIpc) is 2.65. The zero-order chi connectivity index (χ0) is 21.9. The van der Waals surface area contributed by atoms with Crippen LogP contribution >= 0.6 is 0 Å². The fraction of sp³-hybridized carbons (Fsp3) is 0.500. The number of hydrogen-bond acceptors (Lipinski definition) is 7. The van der Waals surface area contributed by atoms with Gasteiger partial charge in [-0.25, -0.2) is 9.78 Å². The largest absolute Gasteiger partial charge is 0.490 e. The molecule has 0 radical (unpaired) electrons. The SMILES string of the molecule is CC1(C)CC2(C=C(C#N)C1=O)CN(c1cnccn1)CCO2.O=C(O)C(F)(F)F. The second kappa shape index (κ2) is 8.16. The Balaban J connectivity index is 0.000000370. The fourth-order valence-electron chi connectivity index (χ4n) is 3.31. The molecule has 1 aliphatic carbocycles. The summed E-state index contributed by atoms with van der Waals surface area (Å²) in [7, 11) is 0. The second-order valence-corrected chi connectivity index (χ2v) is 7.26. The topological polar surface area (TPSA) is 116 Å². The molecule has 3 rings (SSSR count). The van der Waals surface area contributed by atoms with Crippen molar-refractivity contribution in [1.29, 1.82) is 5.26 Å². The van der Waals surface area contributed by atoms with Crippen LogP contribution < -0.4 is 4.90 Å². The third kappa shape index (κ3) is 5.29. The van der Waals surface area contributed by atoms with Crippen LogP contribution in [0.3, 0.4) is 0 Å². The van der Waals surface area contributed by atoms with Crippen molar-refractivity contribution in [2.75, 3.05) is 24.6 Å². The summed E-state index contributed by atoms with van der Waals surface area (Å²) in [4.78, 5) is 31.7. The monoisotopic (exact) mass is 412 g/mol. The van der Waals surface area contributed by atoms with Crippen LogP contribution in [-0.2, 0) is 14.3 Å². The van der Waals surface area contributed by atoms with Gasteiger partial charge in [0.15, 0.2) is 5.78 Å². The van der Waals surface area contributed by atoms with Crippen molar-refractivity contribution in [3.05, 3.63) is 30.2 Å². The van der Waals surface area contributed by atoms with Crippen LogP contribution in [0.2, 0.25) is 0 Å². The van der Waals surface area contributed by atoms with Gasteiger partial charge in [-0.1, -0.05) is 13.8 Å². The predicted molar refractivity (Wildman–Crippen MR) is 93.7 cm³/mol. The third-order valence-corrected chi connectivity index (χ3v) is 4.45. The smallest absolute Gasteiger partial charge is 0.475 e. The highest BCUT2D eigenvalue weighted by Gasteiger charge is 2.48. The van der Waals surface area contributed by atoms with Gasteiger partial charge in [-0.3, -0.25) is 9.78 Å². The number of carboxylic acid groups (broad SMARTS) is 1. The standard InChI is InChI=1S/C16H18N4O2.C2HF3O2/c1-15(2)10-16(7-12(8-17)14(15)21)11-20(5-6-22-16)13-9-18-3-4-19-13;3-2(4,5)1(6)7/h3-4,7,9H,5-6,10-11H2,1-2H3;(H,6,7). The van der Waals surface area contributed by atoms with Crippen LogP contribution in [0.25, 0.3) is 0 Å². The summed E-state index contributed by atoms with van der Waals surface area (Å²) in [5.74, 6) is -2.08. The molecule has 8 nitrogen and oxygen atoms in total. The van der Waals surface area contributed by atoms with E-state index in [0.29, 0.717) is 26.1 Å². The Morgan fingerprint density at radius 3 is 2.55 bits per heavy atom. The van der Waals surface area contributed by atoms with Gasteiger partial charge in [0.25, 0.3) is 0 Å². The number of anilines is 1. The Kier molecular flexibility index (Phi) is 6.27. The lowest BCUT2D eigenvalue weighted by molar-refractivity contribution is -0.192. The maximum atomic E-state index is 12.3. The summed E-state index contributed by atoms with van der Waals surface area (Å²) >= 11 is 0. The van der Waals surface area contributed by atoms with Crippen LogP contribution in [0.5, 0.6) is 0 Å². The molecule has 29 heavy (non-hydrogen) atoms. The first-order chi connectivity index (χ1) is 13.4. The van der Waals surface area contributed by atoms with Crippen molar-refractivity contribution in [3.63, 3.8) is 0 Å². The number of Topliss-reactive ketones (excluding diaryl/α,β-unsaturated/α-hetero) is 1. The lowest BCUT2D eigenvalue weighted by Crippen LogP contribution is -2.56. The van der Waals surface area contributed by atoms with E-state index in [1.165, 1.54) is 0 Å². The quantitative estimate of drug-likeness (QED) is 0.746. The van der Waals surface area contributed by atoms with E-state index >= 15 is 0 Å². The van der Waals surface area contributed by atoms with Gasteiger partial charge in [0.05, 0.1) is 24.9 Å². The predicted octanol–water partition coefficient (Wildman–Crippen LogP) is 2.13. The zero-order valence-corrected chi connectivity index (χ0v) is 15.7. The van der Waals surface area contributed by atoms with Crippen LogP contribution in [0.4, 0.5) is 19.0 Å². The van der Waals surface area contributed by atoms with Gasteiger partial charge < -0.3 is 14.7 Å². The maximum Gasteiger partial charge on any atom is 0.490 e. The van der Waals surface area contributed by atoms with Crippen LogP contribution in [0.15, 0.2) is 30.2 Å². The summed E-state index contributed by atoms with van der Waals surface area (Å²) < 4.78 is 37.7. The molecule has 1 aromatic rings. The number of carbonyl (C=O) groups is 2. The summed E-state index contributed by atoms with van der Waals surface area (Å²) in [6.07, 6.45) is 2.18. The van der Waals surface area contributed by atoms with Gasteiger partial charge in [0.2, 0.25) is 0 Å². The molecule has 1 atom stereocenters. The number of alkyl halides is 3. The number of hydrogen-bond donors (Lipinski definition) is 1. The van der Waals surface area contributed by atoms with Crippen LogP contribution in [0, 0.1) is 16.7 Å². The minimum absolute atomic E-state index is 0.110. The molecule has 0 saturated carbocycles. The molecule has 2 aliphatic rings. The van der Waals surface area contributed by atoms with E-state index in [-0.39, 0.29) is 11.4 Å². The molecule has 1 fully saturated rings. The number of aliphatic carboxylic acids is 1. The van der Waals surface area contributed by atoms with Gasteiger partial charge in [-0.15, -0.1) is 0 Å². The Hall–Kier alpha value is -3.00. The molecule has 0 aromatic carbocycles. The van der Waals surface area contributed by atoms with Crippen molar-refractivity contribution in [2.24, 2.45) is 5.41 Å². The van der Waals surface area contributed by atoms with Crippen molar-refractivity contribution in [3.8, 4) is 6.07 Å². The number of aromatic nitrogens is 2. The Morgan fingerprint density at radius 1 is 1.38 bits per heavy atom. The number of carbonyl (C=O) groups excluding carboxylic acids is 1. The number of carboxylic acids is 1. The van der Waals surface area contributed by atoms with Gasteiger partial charge >= 0.3 is 12.1 Å². The average molecular weight is 412 g/mol. The van der Waals surface area contributed by atoms with E-state index < -0.39 is 23.2 Å². The van der Waals surface area contributed by atoms with Crippen LogP contribution in [0.1, 0.15) is 20.3 Å². The number of halogens is 3. The first-order valence-corrected chi connectivity index (χ1v) is 8.53. The lowest BCUT2D eigenvalue weighted by Gasteiger charge is -2.46. The van der Waals surface area contributed by atoms with Gasteiger partial charge in [0, 0.05) is 24.4 Å². The molecule has 156 valence electrons. The van der Waals surface area contributed by atoms with E-state index in [9.17, 15) is 23.2 Å². The van der Waals surface area contributed by atoms with Crippen molar-refractivity contribution < 1.29 is 32.6 Å². The fourth-order valence-corrected chi connectivity index (χ4v) is 3.31. The first-order valence-electron chi connectivity index (χ1n) is 8.53. The summed E-state index contributed by atoms with van der Waals surface area (Å²) in [6, 6.07) is 2.02. The van der Waals surface area contributed by atoms with E-state index in [1.807, 2.05) is 19.9 Å². The Bertz CT molecular complexity index is 849. The van der Waals surface area contributed by atoms with Gasteiger partial charge in [0.1, 0.15) is 17.5 Å². The molecular formula is C18H19F3N4O4. The van der Waals surface area contributed by atoms with E-state index in [2.05, 4.69) is 14.9 Å². The molecule has 11 heteroatoms. The number of ketones is 1. The van der Waals surface area contributed by atoms with Crippen LogP contribution in [-0.4, -0.2) is 58.3 Å². The van der Waals surface area contributed by atoms with E-state index in [0.717, 1.165) is 5.82 Å². The number of allylic oxidation sites excluding steroid dienone is 1. The third-order valence-electron chi connectivity index (χ3n) is 4.45. The highest BCUT2D eigenvalue weighted by atomic mass is 19.4.